The Kier molecular flexibility index (Phi) is 8.30. The Morgan fingerprint density at radius 2 is 1.92 bits per heavy atom. The van der Waals surface area contributed by atoms with Crippen molar-refractivity contribution in [3.63, 3.8) is 0 Å². The number of allylic oxidation sites excluding steroid dienone is 1. The molecular weight excluding hydrogens is 496 g/mol. The normalized spacial score (nSPS) is 13.3. The van der Waals surface area contributed by atoms with Crippen LogP contribution in [-0.2, 0) is 9.53 Å². The fourth-order valence-corrected chi connectivity index (χ4v) is 4.43. The van der Waals surface area contributed by atoms with E-state index in [2.05, 4.69) is 39.7 Å². The Bertz CT molecular complexity index is 1500. The first-order valence-electron chi connectivity index (χ1n) is 12.8. The summed E-state index contributed by atoms with van der Waals surface area (Å²) >= 11 is 0. The second-order valence-corrected chi connectivity index (χ2v) is 8.90. The van der Waals surface area contributed by atoms with E-state index in [9.17, 15) is 4.79 Å². The molecule has 2 aromatic carbocycles. The van der Waals surface area contributed by atoms with Gasteiger partial charge in [0, 0.05) is 18.8 Å². The van der Waals surface area contributed by atoms with Crippen LogP contribution >= 0.6 is 0 Å². The monoisotopic (exact) mass is 528 g/mol. The summed E-state index contributed by atoms with van der Waals surface area (Å²) < 4.78 is 17.3. The van der Waals surface area contributed by atoms with Crippen molar-refractivity contribution in [2.45, 2.75) is 33.6 Å². The number of carbonyl (C=O) groups is 1. The molecule has 4 rings (SSSR count). The maximum absolute atomic E-state index is 12.8. The molecule has 0 spiro atoms. The second-order valence-electron chi connectivity index (χ2n) is 8.90. The van der Waals surface area contributed by atoms with Crippen molar-refractivity contribution in [1.29, 1.82) is 0 Å². The van der Waals surface area contributed by atoms with Crippen LogP contribution in [0.5, 0.6) is 11.5 Å². The zero-order chi connectivity index (χ0) is 28.1. The summed E-state index contributed by atoms with van der Waals surface area (Å²) in [6.07, 6.45) is 2.24. The molecule has 0 radical (unpaired) electrons. The smallest absolute Gasteiger partial charge is 0.331 e. The number of esters is 1. The maximum atomic E-state index is 12.8. The lowest BCUT2D eigenvalue weighted by molar-refractivity contribution is -0.133. The van der Waals surface area contributed by atoms with Gasteiger partial charge in [-0.25, -0.2) is 24.3 Å². The minimum Gasteiger partial charge on any atom is -0.497 e. The van der Waals surface area contributed by atoms with Gasteiger partial charge in [0.15, 0.2) is 17.5 Å². The Balaban J connectivity index is 1.86. The van der Waals surface area contributed by atoms with E-state index in [1.165, 1.54) is 11.8 Å². The molecule has 0 bridgehead atoms. The number of aliphatic imine (C=N–C) groups is 1. The van der Waals surface area contributed by atoms with E-state index in [1.807, 2.05) is 19.1 Å². The van der Waals surface area contributed by atoms with Gasteiger partial charge in [0.1, 0.15) is 17.1 Å². The number of aryl methyl sites for hydroxylation is 1. The van der Waals surface area contributed by atoms with Crippen LogP contribution in [0.2, 0.25) is 0 Å². The summed E-state index contributed by atoms with van der Waals surface area (Å²) in [6.45, 7) is 16.0. The SMILES string of the molecule is [C-]#[N+]C1=C(C(=O)OC)c2nc(-c3cc(OC)ccc3OC)nn2/C1=N/c1ccc(N(CC)CCCC)cc1C. The van der Waals surface area contributed by atoms with Crippen molar-refractivity contribution < 1.29 is 19.0 Å². The fourth-order valence-electron chi connectivity index (χ4n) is 4.43. The van der Waals surface area contributed by atoms with Gasteiger partial charge in [0.25, 0.3) is 0 Å². The van der Waals surface area contributed by atoms with Crippen molar-refractivity contribution in [3.05, 3.63) is 64.9 Å². The largest absolute Gasteiger partial charge is 0.497 e. The molecule has 39 heavy (non-hydrogen) atoms. The number of rotatable bonds is 10. The molecular formula is C29H32N6O4. The quantitative estimate of drug-likeness (QED) is 0.261. The van der Waals surface area contributed by atoms with Crippen molar-refractivity contribution in [1.82, 2.24) is 14.8 Å². The summed E-state index contributed by atoms with van der Waals surface area (Å²) in [6, 6.07) is 11.3. The molecule has 0 N–H and O–H groups in total. The molecule has 0 saturated heterocycles. The fraction of sp³-hybridized carbons (Fsp3) is 0.345. The van der Waals surface area contributed by atoms with Crippen molar-refractivity contribution in [3.8, 4) is 22.9 Å². The van der Waals surface area contributed by atoms with E-state index >= 15 is 0 Å². The Hall–Kier alpha value is -4.65. The maximum Gasteiger partial charge on any atom is 0.331 e. The van der Waals surface area contributed by atoms with Crippen LogP contribution in [0.15, 0.2) is 47.1 Å². The first kappa shape index (κ1) is 27.4. The van der Waals surface area contributed by atoms with Crippen LogP contribution in [0.3, 0.4) is 0 Å². The van der Waals surface area contributed by atoms with Crippen LogP contribution in [-0.4, -0.2) is 61.0 Å². The molecule has 0 amide bonds. The summed E-state index contributed by atoms with van der Waals surface area (Å²) in [4.78, 5) is 28.2. The van der Waals surface area contributed by atoms with Gasteiger partial charge < -0.3 is 19.1 Å². The number of aromatic nitrogens is 3. The lowest BCUT2D eigenvalue weighted by Gasteiger charge is -2.23. The van der Waals surface area contributed by atoms with E-state index in [1.54, 1.807) is 32.4 Å². The summed E-state index contributed by atoms with van der Waals surface area (Å²) in [5.74, 6) is 1.11. The number of hydrogen-bond donors (Lipinski definition) is 0. The van der Waals surface area contributed by atoms with Gasteiger partial charge in [0.2, 0.25) is 5.70 Å². The number of carbonyl (C=O) groups excluding carboxylic acids is 1. The zero-order valence-electron chi connectivity index (χ0n) is 23.1. The minimum absolute atomic E-state index is 0.0119. The number of hydrogen-bond acceptors (Lipinski definition) is 8. The number of methoxy groups -OCH3 is 3. The molecule has 0 saturated carbocycles. The topological polar surface area (TPSA) is 95.4 Å². The zero-order valence-corrected chi connectivity index (χ0v) is 23.1. The first-order chi connectivity index (χ1) is 18.9. The van der Waals surface area contributed by atoms with E-state index in [4.69, 9.17) is 25.8 Å². The van der Waals surface area contributed by atoms with Crippen LogP contribution < -0.4 is 14.4 Å². The third kappa shape index (κ3) is 5.21. The predicted molar refractivity (Wildman–Crippen MR) is 151 cm³/mol. The van der Waals surface area contributed by atoms with Crippen LogP contribution in [0.25, 0.3) is 21.8 Å². The lowest BCUT2D eigenvalue weighted by Crippen LogP contribution is -2.23. The van der Waals surface area contributed by atoms with Gasteiger partial charge in [-0.3, -0.25) is 0 Å². The average Bonchev–Trinajstić information content (AvgIpc) is 3.51. The molecule has 202 valence electrons. The molecule has 2 heterocycles. The molecule has 0 aliphatic carbocycles. The number of ether oxygens (including phenoxy) is 3. The van der Waals surface area contributed by atoms with Crippen molar-refractivity contribution in [2.75, 3.05) is 39.3 Å². The molecule has 0 unspecified atom stereocenters. The highest BCUT2D eigenvalue weighted by atomic mass is 16.5. The molecule has 0 atom stereocenters. The van der Waals surface area contributed by atoms with E-state index in [0.29, 0.717) is 28.6 Å². The highest BCUT2D eigenvalue weighted by Gasteiger charge is 2.37. The van der Waals surface area contributed by atoms with E-state index in [-0.39, 0.29) is 22.9 Å². The lowest BCUT2D eigenvalue weighted by atomic mass is 10.1. The minimum atomic E-state index is -0.689. The van der Waals surface area contributed by atoms with E-state index < -0.39 is 5.97 Å². The Labute approximate surface area is 228 Å². The third-order valence-corrected chi connectivity index (χ3v) is 6.56. The standard InChI is InChI=1S/C29H32N6O4/c1-8-10-15-34(9-2)19-11-13-22(18(3)16-19)31-28-25(30-4)24(29(36)39-7)27-32-26(33-35(27)28)21-17-20(37-5)12-14-23(21)38-6/h11-14,16-17H,8-10,15H2,1-3,5-7H3/b31-28+. The van der Waals surface area contributed by atoms with Gasteiger partial charge >= 0.3 is 5.97 Å². The molecule has 1 aliphatic rings. The summed E-state index contributed by atoms with van der Waals surface area (Å²) in [5.41, 5.74) is 3.32. The molecule has 3 aromatic rings. The molecule has 10 nitrogen and oxygen atoms in total. The number of anilines is 1. The number of nitrogens with zero attached hydrogens (tertiary/aromatic N) is 6. The summed E-state index contributed by atoms with van der Waals surface area (Å²) in [5, 5.41) is 4.65. The Morgan fingerprint density at radius 3 is 2.54 bits per heavy atom. The third-order valence-electron chi connectivity index (χ3n) is 6.56. The Morgan fingerprint density at radius 1 is 1.13 bits per heavy atom. The van der Waals surface area contributed by atoms with Gasteiger partial charge in [0.05, 0.1) is 39.2 Å². The molecule has 10 heteroatoms. The molecule has 1 aromatic heterocycles. The predicted octanol–water partition coefficient (Wildman–Crippen LogP) is 5.29. The highest BCUT2D eigenvalue weighted by Crippen LogP contribution is 2.36. The number of fused-ring (bicyclic) bond motifs is 1. The van der Waals surface area contributed by atoms with Gasteiger partial charge in [-0.2, -0.15) is 0 Å². The molecule has 1 aliphatic heterocycles. The van der Waals surface area contributed by atoms with E-state index in [0.717, 1.165) is 37.2 Å². The second kappa shape index (κ2) is 11.8. The number of benzene rings is 2. The van der Waals surface area contributed by atoms with Crippen LogP contribution in [0.1, 0.15) is 38.1 Å². The van der Waals surface area contributed by atoms with Gasteiger partial charge in [-0.15, -0.1) is 5.10 Å². The van der Waals surface area contributed by atoms with Crippen LogP contribution in [0, 0.1) is 13.5 Å². The van der Waals surface area contributed by atoms with Gasteiger partial charge in [-0.1, -0.05) is 13.3 Å². The number of unbranched alkanes of at least 4 members (excludes halogenated alkanes) is 1. The van der Waals surface area contributed by atoms with Crippen molar-refractivity contribution >= 4 is 28.8 Å². The van der Waals surface area contributed by atoms with Crippen LogP contribution in [0.4, 0.5) is 11.4 Å². The van der Waals surface area contributed by atoms with Gasteiger partial charge in [-0.05, 0) is 62.2 Å². The summed E-state index contributed by atoms with van der Waals surface area (Å²) in [7, 11) is 4.38. The molecule has 0 fully saturated rings. The van der Waals surface area contributed by atoms with Crippen molar-refractivity contribution in [2.24, 2.45) is 4.99 Å². The highest BCUT2D eigenvalue weighted by molar-refractivity contribution is 6.29. The first-order valence-corrected chi connectivity index (χ1v) is 12.8. The average molecular weight is 529 g/mol.